The zero-order valence-corrected chi connectivity index (χ0v) is 9.25. The molecule has 1 aliphatic heterocycles. The number of allylic oxidation sites excluding steroid dienone is 2. The first-order chi connectivity index (χ1) is 8.45. The van der Waals surface area contributed by atoms with Crippen molar-refractivity contribution < 1.29 is 0 Å². The van der Waals surface area contributed by atoms with Crippen molar-refractivity contribution in [3.8, 4) is 11.1 Å². The Balaban J connectivity index is 2.14. The van der Waals surface area contributed by atoms with Gasteiger partial charge in [0.1, 0.15) is 0 Å². The smallest absolute Gasteiger partial charge is 0.0347 e. The Morgan fingerprint density at radius 1 is 0.824 bits per heavy atom. The van der Waals surface area contributed by atoms with Gasteiger partial charge in [-0.3, -0.25) is 10.3 Å². The van der Waals surface area contributed by atoms with Crippen molar-refractivity contribution in [3.63, 3.8) is 0 Å². The topological polar surface area (TPSA) is 27.0 Å². The zero-order valence-electron chi connectivity index (χ0n) is 9.25. The van der Waals surface area contributed by atoms with E-state index in [1.54, 1.807) is 0 Å². The maximum atomic E-state index is 4.12. The third-order valence-electron chi connectivity index (χ3n) is 2.78. The first-order valence-corrected chi connectivity index (χ1v) is 5.51. The first-order valence-electron chi connectivity index (χ1n) is 5.51. The highest BCUT2D eigenvalue weighted by atomic mass is 14.8. The molecule has 2 nitrogen and oxygen atoms in total. The van der Waals surface area contributed by atoms with E-state index in [1.807, 2.05) is 49.1 Å². The van der Waals surface area contributed by atoms with E-state index in [1.165, 1.54) is 16.7 Å². The van der Waals surface area contributed by atoms with Gasteiger partial charge in [0.2, 0.25) is 0 Å². The molecule has 0 bridgehead atoms. The van der Waals surface area contributed by atoms with Gasteiger partial charge in [-0.1, -0.05) is 24.3 Å². The predicted molar refractivity (Wildman–Crippen MR) is 68.9 cm³/mol. The van der Waals surface area contributed by atoms with E-state index < -0.39 is 0 Å². The number of hydrogen-bond acceptors (Lipinski definition) is 1. The SMILES string of the molecule is C1=CC(c2ccccc2-c2ccncc2)=C[N]1. The van der Waals surface area contributed by atoms with Crippen molar-refractivity contribution in [2.75, 3.05) is 0 Å². The number of nitrogens with zero attached hydrogens (tertiary/aromatic N) is 2. The van der Waals surface area contributed by atoms with E-state index in [4.69, 9.17) is 0 Å². The molecule has 1 aromatic heterocycles. The molecule has 1 aromatic carbocycles. The minimum absolute atomic E-state index is 1.15. The van der Waals surface area contributed by atoms with Gasteiger partial charge >= 0.3 is 0 Å². The summed E-state index contributed by atoms with van der Waals surface area (Å²) >= 11 is 0. The maximum Gasteiger partial charge on any atom is 0.0347 e. The van der Waals surface area contributed by atoms with E-state index in [0.717, 1.165) is 5.57 Å². The molecule has 2 heteroatoms. The van der Waals surface area contributed by atoms with Gasteiger partial charge < -0.3 is 0 Å². The van der Waals surface area contributed by atoms with Gasteiger partial charge in [-0.05, 0) is 34.9 Å². The van der Waals surface area contributed by atoms with E-state index in [0.29, 0.717) is 0 Å². The highest BCUT2D eigenvalue weighted by molar-refractivity contribution is 5.86. The Hall–Kier alpha value is -2.35. The molecule has 0 aliphatic carbocycles. The molecule has 0 saturated heterocycles. The largest absolute Gasteiger partial charge is 0.265 e. The van der Waals surface area contributed by atoms with Gasteiger partial charge in [-0.25, -0.2) is 0 Å². The van der Waals surface area contributed by atoms with Crippen molar-refractivity contribution in [2.45, 2.75) is 0 Å². The summed E-state index contributed by atoms with van der Waals surface area (Å²) in [6.07, 6.45) is 9.36. The van der Waals surface area contributed by atoms with Crippen LogP contribution in [0.2, 0.25) is 0 Å². The van der Waals surface area contributed by atoms with Crippen LogP contribution in [0, 0.1) is 0 Å². The number of hydrogen-bond donors (Lipinski definition) is 0. The summed E-state index contributed by atoms with van der Waals surface area (Å²) in [7, 11) is 0. The Labute approximate surface area is 100 Å². The molecule has 81 valence electrons. The van der Waals surface area contributed by atoms with E-state index in [2.05, 4.69) is 28.5 Å². The van der Waals surface area contributed by atoms with E-state index in [9.17, 15) is 0 Å². The number of pyridine rings is 1. The van der Waals surface area contributed by atoms with Crippen LogP contribution in [0.5, 0.6) is 0 Å². The van der Waals surface area contributed by atoms with E-state index in [-0.39, 0.29) is 0 Å². The molecule has 0 atom stereocenters. The highest BCUT2D eigenvalue weighted by Gasteiger charge is 2.09. The fraction of sp³-hybridized carbons (Fsp3) is 0. The first kappa shape index (κ1) is 9.85. The van der Waals surface area contributed by atoms with Gasteiger partial charge in [0.05, 0.1) is 0 Å². The van der Waals surface area contributed by atoms with Crippen LogP contribution in [0.3, 0.4) is 0 Å². The molecule has 1 radical (unpaired) electrons. The summed E-state index contributed by atoms with van der Waals surface area (Å²) in [5.41, 5.74) is 4.74. The van der Waals surface area contributed by atoms with Crippen LogP contribution in [0.15, 0.2) is 67.3 Å². The molecule has 0 spiro atoms. The van der Waals surface area contributed by atoms with Crippen LogP contribution in [0.1, 0.15) is 5.56 Å². The lowest BCUT2D eigenvalue weighted by atomic mass is 9.96. The van der Waals surface area contributed by atoms with Crippen LogP contribution in [0.25, 0.3) is 16.7 Å². The molecule has 0 unspecified atom stereocenters. The Morgan fingerprint density at radius 3 is 2.29 bits per heavy atom. The summed E-state index contributed by atoms with van der Waals surface area (Å²) < 4.78 is 0. The molecular formula is C15H11N2. The molecule has 0 fully saturated rings. The Bertz CT molecular complexity index is 583. The lowest BCUT2D eigenvalue weighted by molar-refractivity contribution is 1.21. The third kappa shape index (κ3) is 1.85. The lowest BCUT2D eigenvalue weighted by Gasteiger charge is -2.08. The molecule has 0 N–H and O–H groups in total. The summed E-state index contributed by atoms with van der Waals surface area (Å²) in [6.45, 7) is 0. The van der Waals surface area contributed by atoms with Crippen molar-refractivity contribution in [3.05, 3.63) is 72.8 Å². The quantitative estimate of drug-likeness (QED) is 0.761. The monoisotopic (exact) mass is 219 g/mol. The van der Waals surface area contributed by atoms with Crippen LogP contribution < -0.4 is 5.32 Å². The minimum atomic E-state index is 1.15. The van der Waals surface area contributed by atoms with Crippen LogP contribution >= 0.6 is 0 Å². The average molecular weight is 219 g/mol. The van der Waals surface area contributed by atoms with E-state index >= 15 is 0 Å². The van der Waals surface area contributed by atoms with Crippen LogP contribution in [-0.4, -0.2) is 4.98 Å². The summed E-state index contributed by atoms with van der Waals surface area (Å²) in [4.78, 5) is 4.05. The molecule has 2 heterocycles. The maximum absolute atomic E-state index is 4.12. The molecule has 2 aromatic rings. The van der Waals surface area contributed by atoms with Gasteiger partial charge in [0, 0.05) is 30.4 Å². The Morgan fingerprint density at radius 2 is 1.59 bits per heavy atom. The summed E-state index contributed by atoms with van der Waals surface area (Å²) in [6, 6.07) is 12.4. The number of benzene rings is 1. The molecule has 17 heavy (non-hydrogen) atoms. The second-order valence-corrected chi connectivity index (χ2v) is 3.83. The highest BCUT2D eigenvalue weighted by Crippen LogP contribution is 2.29. The second kappa shape index (κ2) is 4.26. The van der Waals surface area contributed by atoms with Crippen molar-refractivity contribution >= 4 is 5.57 Å². The summed E-state index contributed by atoms with van der Waals surface area (Å²) in [5, 5.41) is 4.12. The molecule has 3 rings (SSSR count). The normalized spacial score (nSPS) is 13.3. The summed E-state index contributed by atoms with van der Waals surface area (Å²) in [5.74, 6) is 0. The fourth-order valence-electron chi connectivity index (χ4n) is 1.97. The van der Waals surface area contributed by atoms with Gasteiger partial charge in [0.15, 0.2) is 0 Å². The average Bonchev–Trinajstić information content (AvgIpc) is 2.94. The third-order valence-corrected chi connectivity index (χ3v) is 2.78. The molecule has 1 aliphatic rings. The number of rotatable bonds is 2. The van der Waals surface area contributed by atoms with Gasteiger partial charge in [0.25, 0.3) is 0 Å². The van der Waals surface area contributed by atoms with Crippen LogP contribution in [0.4, 0.5) is 0 Å². The minimum Gasteiger partial charge on any atom is -0.265 e. The van der Waals surface area contributed by atoms with Crippen molar-refractivity contribution in [2.24, 2.45) is 0 Å². The van der Waals surface area contributed by atoms with Crippen molar-refractivity contribution in [1.82, 2.24) is 10.3 Å². The molecule has 0 amide bonds. The predicted octanol–water partition coefficient (Wildman–Crippen LogP) is 3.22. The van der Waals surface area contributed by atoms with Gasteiger partial charge in [-0.15, -0.1) is 0 Å². The second-order valence-electron chi connectivity index (χ2n) is 3.83. The molecule has 0 saturated carbocycles. The lowest BCUT2D eigenvalue weighted by Crippen LogP contribution is -1.87. The van der Waals surface area contributed by atoms with Crippen LogP contribution in [-0.2, 0) is 0 Å². The standard InChI is InChI=1S/C15H11N2/c1-2-4-15(13-7-10-17-11-13)14(3-1)12-5-8-16-9-6-12/h1-11H. The zero-order chi connectivity index (χ0) is 11.5. The van der Waals surface area contributed by atoms with Crippen molar-refractivity contribution in [1.29, 1.82) is 0 Å². The Kier molecular flexibility index (Phi) is 2.47. The van der Waals surface area contributed by atoms with Gasteiger partial charge in [-0.2, -0.15) is 0 Å². The number of aromatic nitrogens is 1. The fourth-order valence-corrected chi connectivity index (χ4v) is 1.97. The molecular weight excluding hydrogens is 208 g/mol.